The molecule has 1 N–H and O–H groups in total. The summed E-state index contributed by atoms with van der Waals surface area (Å²) in [4.78, 5) is 38.8. The number of nitrogens with one attached hydrogen (secondary N) is 1. The van der Waals surface area contributed by atoms with Crippen LogP contribution in [0.15, 0.2) is 62.3 Å². The summed E-state index contributed by atoms with van der Waals surface area (Å²) < 4.78 is 6.57. The minimum absolute atomic E-state index is 0.0906. The molecule has 2 heterocycles. The average Bonchev–Trinajstić information content (AvgIpc) is 3.19. The number of hydrogen-bond acceptors (Lipinski definition) is 5. The van der Waals surface area contributed by atoms with E-state index in [1.807, 2.05) is 49.4 Å². The fourth-order valence-electron chi connectivity index (χ4n) is 3.16. The van der Waals surface area contributed by atoms with Crippen molar-refractivity contribution in [2.24, 2.45) is 0 Å². The highest BCUT2D eigenvalue weighted by atomic mass is 79.9. The molecule has 0 bridgehead atoms. The van der Waals surface area contributed by atoms with E-state index in [1.165, 1.54) is 0 Å². The molecule has 0 atom stereocenters. The van der Waals surface area contributed by atoms with Crippen molar-refractivity contribution in [1.29, 1.82) is 0 Å². The van der Waals surface area contributed by atoms with Crippen molar-refractivity contribution in [3.8, 4) is 0 Å². The van der Waals surface area contributed by atoms with Crippen LogP contribution < -0.4 is 5.32 Å². The van der Waals surface area contributed by atoms with Gasteiger partial charge in [-0.15, -0.1) is 0 Å². The second kappa shape index (κ2) is 8.49. The number of nitrogens with zero attached hydrogens (tertiary/aromatic N) is 1. The molecule has 1 aliphatic heterocycles. The van der Waals surface area contributed by atoms with Gasteiger partial charge < -0.3 is 9.73 Å². The third kappa shape index (κ3) is 4.06. The number of carbonyl (C=O) groups excluding carboxylic acids is 3. The van der Waals surface area contributed by atoms with E-state index < -0.39 is 0 Å². The van der Waals surface area contributed by atoms with Gasteiger partial charge in [-0.05, 0) is 48.5 Å². The molecule has 8 heteroatoms. The predicted octanol–water partition coefficient (Wildman–Crippen LogP) is 4.97. The van der Waals surface area contributed by atoms with Crippen LogP contribution in [0.2, 0.25) is 0 Å². The highest BCUT2D eigenvalue weighted by Crippen LogP contribution is 2.32. The average molecular weight is 485 g/mol. The molecule has 0 aliphatic carbocycles. The smallest absolute Gasteiger partial charge is 0.293 e. The van der Waals surface area contributed by atoms with Gasteiger partial charge >= 0.3 is 0 Å². The maximum Gasteiger partial charge on any atom is 0.293 e. The van der Waals surface area contributed by atoms with E-state index in [-0.39, 0.29) is 35.9 Å². The van der Waals surface area contributed by atoms with Crippen LogP contribution in [0, 0.1) is 6.92 Å². The highest BCUT2D eigenvalue weighted by molar-refractivity contribution is 9.10. The first-order valence-corrected chi connectivity index (χ1v) is 10.8. The Morgan fingerprint density at radius 1 is 1.20 bits per heavy atom. The van der Waals surface area contributed by atoms with Gasteiger partial charge in [-0.2, -0.15) is 0 Å². The zero-order valence-electron chi connectivity index (χ0n) is 16.0. The number of rotatable bonds is 5. The van der Waals surface area contributed by atoms with Crippen LogP contribution in [0.1, 0.15) is 21.7 Å². The molecular formula is C22H17BrN2O4S. The van der Waals surface area contributed by atoms with Crippen LogP contribution in [0.5, 0.6) is 0 Å². The van der Waals surface area contributed by atoms with Crippen molar-refractivity contribution in [3.05, 3.63) is 74.8 Å². The van der Waals surface area contributed by atoms with Crippen LogP contribution in [0.4, 0.5) is 4.79 Å². The zero-order valence-corrected chi connectivity index (χ0v) is 18.4. The summed E-state index contributed by atoms with van der Waals surface area (Å²) in [5.41, 5.74) is 2.21. The van der Waals surface area contributed by atoms with Gasteiger partial charge in [0.25, 0.3) is 17.1 Å². The summed E-state index contributed by atoms with van der Waals surface area (Å²) >= 11 is 4.31. The van der Waals surface area contributed by atoms with E-state index in [1.54, 1.807) is 12.1 Å². The highest BCUT2D eigenvalue weighted by Gasteiger charge is 2.34. The molecule has 6 nitrogen and oxygen atoms in total. The Morgan fingerprint density at radius 2 is 1.97 bits per heavy atom. The van der Waals surface area contributed by atoms with Crippen LogP contribution in [0.3, 0.4) is 0 Å². The number of amides is 3. The number of furan rings is 1. The monoisotopic (exact) mass is 484 g/mol. The first-order valence-electron chi connectivity index (χ1n) is 9.21. The molecule has 4 rings (SSSR count). The van der Waals surface area contributed by atoms with Gasteiger partial charge in [-0.1, -0.05) is 46.3 Å². The largest absolute Gasteiger partial charge is 0.451 e. The van der Waals surface area contributed by atoms with Gasteiger partial charge in [0.15, 0.2) is 5.76 Å². The van der Waals surface area contributed by atoms with E-state index in [2.05, 4.69) is 21.2 Å². The van der Waals surface area contributed by atoms with Gasteiger partial charge in [0.1, 0.15) is 5.58 Å². The summed E-state index contributed by atoms with van der Waals surface area (Å²) in [6, 6.07) is 14.9. The van der Waals surface area contributed by atoms with E-state index in [4.69, 9.17) is 4.42 Å². The van der Waals surface area contributed by atoms with Crippen molar-refractivity contribution < 1.29 is 18.8 Å². The molecule has 1 fully saturated rings. The van der Waals surface area contributed by atoms with Gasteiger partial charge in [0.05, 0.1) is 4.91 Å². The molecule has 1 aliphatic rings. The molecule has 30 heavy (non-hydrogen) atoms. The lowest BCUT2D eigenvalue weighted by Crippen LogP contribution is -2.37. The Bertz CT molecular complexity index is 1190. The second-order valence-corrected chi connectivity index (χ2v) is 8.61. The van der Waals surface area contributed by atoms with Crippen molar-refractivity contribution in [2.45, 2.75) is 6.92 Å². The summed E-state index contributed by atoms with van der Waals surface area (Å²) in [6.07, 6.45) is 1.69. The normalized spacial score (nSPS) is 15.4. The van der Waals surface area contributed by atoms with Crippen molar-refractivity contribution >= 4 is 61.8 Å². The van der Waals surface area contributed by atoms with Gasteiger partial charge in [0.2, 0.25) is 0 Å². The number of benzene rings is 2. The Balaban J connectivity index is 1.40. The molecular weight excluding hydrogens is 468 g/mol. The van der Waals surface area contributed by atoms with Crippen LogP contribution >= 0.6 is 27.7 Å². The van der Waals surface area contributed by atoms with Crippen LogP contribution in [-0.2, 0) is 4.79 Å². The summed E-state index contributed by atoms with van der Waals surface area (Å²) in [6.45, 7) is 2.04. The lowest BCUT2D eigenvalue weighted by molar-refractivity contribution is -0.122. The number of carbonyl (C=O) groups is 3. The van der Waals surface area contributed by atoms with Crippen molar-refractivity contribution in [3.63, 3.8) is 0 Å². The Hall–Kier alpha value is -2.84. The van der Waals surface area contributed by atoms with Gasteiger partial charge in [-0.25, -0.2) is 0 Å². The molecule has 1 saturated heterocycles. The van der Waals surface area contributed by atoms with Crippen LogP contribution in [-0.4, -0.2) is 35.0 Å². The maximum absolute atomic E-state index is 12.5. The maximum atomic E-state index is 12.5. The molecule has 0 saturated carbocycles. The van der Waals surface area contributed by atoms with Crippen molar-refractivity contribution in [1.82, 2.24) is 10.2 Å². The van der Waals surface area contributed by atoms with E-state index in [9.17, 15) is 14.4 Å². The first kappa shape index (κ1) is 20.4. The summed E-state index contributed by atoms with van der Waals surface area (Å²) in [5, 5.41) is 3.24. The fraction of sp³-hybridized carbons (Fsp3) is 0.136. The number of hydrogen-bond donors (Lipinski definition) is 1. The standard InChI is InChI=1S/C22H17BrN2O4S/c1-13-16-12-15(23)7-8-17(16)29-19(13)20(26)24-9-10-25-21(27)18(30-22(25)28)11-14-5-3-2-4-6-14/h2-8,11-12H,9-10H2,1H3,(H,24,26). The number of thioether (sulfide) groups is 1. The van der Waals surface area contributed by atoms with E-state index >= 15 is 0 Å². The topological polar surface area (TPSA) is 79.6 Å². The molecule has 0 spiro atoms. The third-order valence-corrected chi connectivity index (χ3v) is 6.10. The third-order valence-electron chi connectivity index (χ3n) is 4.70. The molecule has 3 aromatic rings. The first-order chi connectivity index (χ1) is 14.4. The minimum Gasteiger partial charge on any atom is -0.451 e. The number of halogens is 1. The minimum atomic E-state index is -0.383. The van der Waals surface area contributed by atoms with Gasteiger partial charge in [-0.3, -0.25) is 19.3 Å². The quantitative estimate of drug-likeness (QED) is 0.517. The lowest BCUT2D eigenvalue weighted by atomic mass is 10.1. The Labute approximate surface area is 185 Å². The lowest BCUT2D eigenvalue weighted by Gasteiger charge is -2.12. The number of imide groups is 1. The fourth-order valence-corrected chi connectivity index (χ4v) is 4.39. The van der Waals surface area contributed by atoms with E-state index in [0.29, 0.717) is 10.5 Å². The molecule has 0 unspecified atom stereocenters. The number of aryl methyl sites for hydroxylation is 1. The van der Waals surface area contributed by atoms with Crippen LogP contribution in [0.25, 0.3) is 17.0 Å². The van der Waals surface area contributed by atoms with Crippen molar-refractivity contribution in [2.75, 3.05) is 13.1 Å². The predicted molar refractivity (Wildman–Crippen MR) is 120 cm³/mol. The van der Waals surface area contributed by atoms with E-state index in [0.717, 1.165) is 37.6 Å². The van der Waals surface area contributed by atoms with Gasteiger partial charge in [0, 0.05) is 28.5 Å². The summed E-state index contributed by atoms with van der Waals surface area (Å²) in [5.74, 6) is -0.513. The Morgan fingerprint density at radius 3 is 2.73 bits per heavy atom. The summed E-state index contributed by atoms with van der Waals surface area (Å²) in [7, 11) is 0. The number of fused-ring (bicyclic) bond motifs is 1. The SMILES string of the molecule is Cc1c(C(=O)NCCN2C(=O)SC(=Cc3ccccc3)C2=O)oc2ccc(Br)cc12. The molecule has 0 radical (unpaired) electrons. The molecule has 152 valence electrons. The molecule has 1 aromatic heterocycles. The molecule has 2 aromatic carbocycles. The molecule has 3 amide bonds. The Kier molecular flexibility index (Phi) is 5.78. The zero-order chi connectivity index (χ0) is 21.3. The second-order valence-electron chi connectivity index (χ2n) is 6.70.